The fourth-order valence-corrected chi connectivity index (χ4v) is 1.26. The first-order chi connectivity index (χ1) is 8.68. The molecular weight excluding hydrogens is 240 g/mol. The molecule has 18 heavy (non-hydrogen) atoms. The molecule has 0 fully saturated rings. The molecule has 0 aliphatic rings. The van der Waals surface area contributed by atoms with E-state index in [1.807, 2.05) is 0 Å². The van der Waals surface area contributed by atoms with E-state index >= 15 is 0 Å². The fourth-order valence-electron chi connectivity index (χ4n) is 1.26. The van der Waals surface area contributed by atoms with E-state index in [2.05, 4.69) is 25.3 Å². The molecular formula is C10H16N4O4. The summed E-state index contributed by atoms with van der Waals surface area (Å²) in [6, 6.07) is -0.284. The third-order valence-corrected chi connectivity index (χ3v) is 2.14. The van der Waals surface area contributed by atoms with Gasteiger partial charge in [0.2, 0.25) is 6.39 Å². The van der Waals surface area contributed by atoms with Gasteiger partial charge in [-0.25, -0.2) is 4.79 Å². The molecule has 0 atom stereocenters. The zero-order valence-corrected chi connectivity index (χ0v) is 9.89. The number of carbonyl (C=O) groups is 2. The molecule has 0 saturated carbocycles. The largest absolute Gasteiger partial charge is 0.481 e. The van der Waals surface area contributed by atoms with Crippen molar-refractivity contribution in [3.05, 3.63) is 12.2 Å². The normalized spacial score (nSPS) is 10.0. The number of carbonyl (C=O) groups excluding carboxylic acids is 1. The SMILES string of the molecule is O=C(O)CCCCNC(=O)NCCc1ncon1. The van der Waals surface area contributed by atoms with Crippen LogP contribution in [0.25, 0.3) is 0 Å². The van der Waals surface area contributed by atoms with E-state index in [-0.39, 0.29) is 12.5 Å². The maximum Gasteiger partial charge on any atom is 0.314 e. The molecule has 8 heteroatoms. The molecule has 0 radical (unpaired) electrons. The Kier molecular flexibility index (Phi) is 6.23. The number of nitrogens with one attached hydrogen (secondary N) is 2. The van der Waals surface area contributed by atoms with Crippen LogP contribution in [0.5, 0.6) is 0 Å². The maximum atomic E-state index is 11.3. The zero-order chi connectivity index (χ0) is 13.2. The van der Waals surface area contributed by atoms with E-state index in [0.29, 0.717) is 38.2 Å². The van der Waals surface area contributed by atoms with Crippen LogP contribution in [0.2, 0.25) is 0 Å². The minimum Gasteiger partial charge on any atom is -0.481 e. The smallest absolute Gasteiger partial charge is 0.314 e. The lowest BCUT2D eigenvalue weighted by Gasteiger charge is -2.05. The van der Waals surface area contributed by atoms with E-state index in [0.717, 1.165) is 0 Å². The molecule has 1 heterocycles. The Morgan fingerprint density at radius 3 is 2.72 bits per heavy atom. The van der Waals surface area contributed by atoms with E-state index in [4.69, 9.17) is 5.11 Å². The van der Waals surface area contributed by atoms with Crippen molar-refractivity contribution in [2.45, 2.75) is 25.7 Å². The predicted molar refractivity (Wildman–Crippen MR) is 60.9 cm³/mol. The lowest BCUT2D eigenvalue weighted by Crippen LogP contribution is -2.37. The van der Waals surface area contributed by atoms with Gasteiger partial charge in [0.15, 0.2) is 5.82 Å². The van der Waals surface area contributed by atoms with Crippen LogP contribution in [0.1, 0.15) is 25.1 Å². The minimum atomic E-state index is -0.820. The summed E-state index contributed by atoms with van der Waals surface area (Å²) in [6.07, 6.45) is 3.06. The van der Waals surface area contributed by atoms with Gasteiger partial charge in [0.1, 0.15) is 0 Å². The monoisotopic (exact) mass is 256 g/mol. The number of aliphatic carboxylic acids is 1. The van der Waals surface area contributed by atoms with Gasteiger partial charge in [0.05, 0.1) is 0 Å². The van der Waals surface area contributed by atoms with Crippen LogP contribution < -0.4 is 10.6 Å². The molecule has 8 nitrogen and oxygen atoms in total. The summed E-state index contributed by atoms with van der Waals surface area (Å²) < 4.78 is 4.55. The summed E-state index contributed by atoms with van der Waals surface area (Å²) in [4.78, 5) is 25.3. The number of rotatable bonds is 8. The number of urea groups is 1. The first-order valence-corrected chi connectivity index (χ1v) is 5.67. The standard InChI is InChI=1S/C10H16N4O4/c15-9(16)3-1-2-5-11-10(17)12-6-4-8-13-7-18-14-8/h7H,1-6H2,(H,15,16)(H2,11,12,17). The highest BCUT2D eigenvalue weighted by Crippen LogP contribution is 1.93. The van der Waals surface area contributed by atoms with Gasteiger partial charge in [-0.1, -0.05) is 5.16 Å². The lowest BCUT2D eigenvalue weighted by atomic mass is 10.2. The number of nitrogens with zero attached hydrogens (tertiary/aromatic N) is 2. The lowest BCUT2D eigenvalue weighted by molar-refractivity contribution is -0.137. The molecule has 0 spiro atoms. The Bertz CT molecular complexity index is 366. The van der Waals surface area contributed by atoms with Crippen molar-refractivity contribution >= 4 is 12.0 Å². The van der Waals surface area contributed by atoms with Gasteiger partial charge in [-0.2, -0.15) is 4.98 Å². The molecule has 0 aliphatic heterocycles. The van der Waals surface area contributed by atoms with E-state index in [1.165, 1.54) is 6.39 Å². The zero-order valence-electron chi connectivity index (χ0n) is 9.89. The third-order valence-electron chi connectivity index (χ3n) is 2.14. The first-order valence-electron chi connectivity index (χ1n) is 5.67. The van der Waals surface area contributed by atoms with Gasteiger partial charge in [-0.3, -0.25) is 4.79 Å². The third kappa shape index (κ3) is 6.46. The molecule has 0 aliphatic carbocycles. The molecule has 2 amide bonds. The highest BCUT2D eigenvalue weighted by Gasteiger charge is 2.02. The Balaban J connectivity index is 1.95. The Labute approximate surface area is 104 Å². The van der Waals surface area contributed by atoms with Gasteiger partial charge >= 0.3 is 12.0 Å². The van der Waals surface area contributed by atoms with E-state index < -0.39 is 5.97 Å². The van der Waals surface area contributed by atoms with Crippen molar-refractivity contribution in [3.8, 4) is 0 Å². The number of aromatic nitrogens is 2. The van der Waals surface area contributed by atoms with Crippen LogP contribution in [0.15, 0.2) is 10.9 Å². The van der Waals surface area contributed by atoms with Crippen LogP contribution in [0.4, 0.5) is 4.79 Å². The van der Waals surface area contributed by atoms with E-state index in [9.17, 15) is 9.59 Å². The minimum absolute atomic E-state index is 0.126. The highest BCUT2D eigenvalue weighted by molar-refractivity contribution is 5.73. The van der Waals surface area contributed by atoms with Gasteiger partial charge in [-0.05, 0) is 12.8 Å². The summed E-state index contributed by atoms with van der Waals surface area (Å²) in [5.74, 6) is -0.281. The van der Waals surface area contributed by atoms with Crippen molar-refractivity contribution in [1.82, 2.24) is 20.8 Å². The number of carboxylic acid groups (broad SMARTS) is 1. The first kappa shape index (κ1) is 13.9. The van der Waals surface area contributed by atoms with Crippen LogP contribution in [0, 0.1) is 0 Å². The second-order valence-corrected chi connectivity index (χ2v) is 3.63. The van der Waals surface area contributed by atoms with Gasteiger partial charge < -0.3 is 20.3 Å². The van der Waals surface area contributed by atoms with Crippen molar-refractivity contribution < 1.29 is 19.2 Å². The van der Waals surface area contributed by atoms with Crippen molar-refractivity contribution in [3.63, 3.8) is 0 Å². The second-order valence-electron chi connectivity index (χ2n) is 3.63. The predicted octanol–water partition coefficient (Wildman–Crippen LogP) is 0.166. The molecule has 0 bridgehead atoms. The molecule has 0 unspecified atom stereocenters. The molecule has 1 rings (SSSR count). The quantitative estimate of drug-likeness (QED) is 0.570. The Morgan fingerprint density at radius 2 is 2.06 bits per heavy atom. The number of amides is 2. The summed E-state index contributed by atoms with van der Waals surface area (Å²) in [7, 11) is 0. The molecule has 0 aromatic carbocycles. The number of carboxylic acids is 1. The fraction of sp³-hybridized carbons (Fsp3) is 0.600. The molecule has 1 aromatic heterocycles. The van der Waals surface area contributed by atoms with Crippen LogP contribution in [-0.2, 0) is 11.2 Å². The van der Waals surface area contributed by atoms with E-state index in [1.54, 1.807) is 0 Å². The number of hydrogen-bond donors (Lipinski definition) is 3. The topological polar surface area (TPSA) is 117 Å². The summed E-state index contributed by atoms with van der Waals surface area (Å²) in [5, 5.41) is 17.3. The summed E-state index contributed by atoms with van der Waals surface area (Å²) in [5.41, 5.74) is 0. The van der Waals surface area contributed by atoms with Crippen LogP contribution >= 0.6 is 0 Å². The van der Waals surface area contributed by atoms with Gasteiger partial charge in [0.25, 0.3) is 0 Å². The Morgan fingerprint density at radius 1 is 1.28 bits per heavy atom. The van der Waals surface area contributed by atoms with Gasteiger partial charge in [-0.15, -0.1) is 0 Å². The second kappa shape index (κ2) is 8.04. The number of unbranched alkanes of at least 4 members (excludes halogenated alkanes) is 1. The van der Waals surface area contributed by atoms with Crippen molar-refractivity contribution in [2.24, 2.45) is 0 Å². The molecule has 1 aromatic rings. The highest BCUT2D eigenvalue weighted by atomic mass is 16.5. The molecule has 100 valence electrons. The number of hydrogen-bond acceptors (Lipinski definition) is 5. The van der Waals surface area contributed by atoms with Crippen LogP contribution in [0.3, 0.4) is 0 Å². The summed E-state index contributed by atoms with van der Waals surface area (Å²) in [6.45, 7) is 0.877. The molecule has 0 saturated heterocycles. The summed E-state index contributed by atoms with van der Waals surface area (Å²) >= 11 is 0. The van der Waals surface area contributed by atoms with Crippen molar-refractivity contribution in [2.75, 3.05) is 13.1 Å². The average Bonchev–Trinajstić information content (AvgIpc) is 2.81. The maximum absolute atomic E-state index is 11.3. The Hall–Kier alpha value is -2.12. The average molecular weight is 256 g/mol. The van der Waals surface area contributed by atoms with Crippen molar-refractivity contribution in [1.29, 1.82) is 0 Å². The van der Waals surface area contributed by atoms with Gasteiger partial charge in [0, 0.05) is 25.9 Å². The van der Waals surface area contributed by atoms with Crippen LogP contribution in [-0.4, -0.2) is 40.3 Å². The molecule has 3 N–H and O–H groups in total.